The maximum Gasteiger partial charge on any atom is 0.240 e. The van der Waals surface area contributed by atoms with E-state index in [9.17, 15) is 4.79 Å². The minimum absolute atomic E-state index is 0.00722. The lowest BCUT2D eigenvalue weighted by atomic mass is 10.1. The molecule has 0 spiro atoms. The SMILES string of the molecule is CCC(C#N)C(=O)N1CCCN(C)CC1C. The van der Waals surface area contributed by atoms with Crippen molar-refractivity contribution in [3.8, 4) is 6.07 Å². The lowest BCUT2D eigenvalue weighted by Crippen LogP contribution is -2.44. The molecule has 0 aromatic carbocycles. The van der Waals surface area contributed by atoms with Gasteiger partial charge in [-0.15, -0.1) is 0 Å². The van der Waals surface area contributed by atoms with Gasteiger partial charge in [0.2, 0.25) is 5.91 Å². The molecule has 1 aliphatic rings. The van der Waals surface area contributed by atoms with Crippen LogP contribution in [0.1, 0.15) is 26.7 Å². The predicted octanol–water partition coefficient (Wildman–Crippen LogP) is 1.09. The summed E-state index contributed by atoms with van der Waals surface area (Å²) in [6.45, 7) is 6.65. The maximum atomic E-state index is 12.1. The third-order valence-electron chi connectivity index (χ3n) is 3.19. The Labute approximate surface area is 97.8 Å². The summed E-state index contributed by atoms with van der Waals surface area (Å²) in [5.41, 5.74) is 0. The van der Waals surface area contributed by atoms with Gasteiger partial charge >= 0.3 is 0 Å². The number of amides is 1. The number of likely N-dealkylation sites (N-methyl/N-ethyl adjacent to an activating group) is 1. The fourth-order valence-electron chi connectivity index (χ4n) is 2.22. The molecule has 2 atom stereocenters. The third kappa shape index (κ3) is 2.96. The van der Waals surface area contributed by atoms with E-state index >= 15 is 0 Å². The maximum absolute atomic E-state index is 12.1. The molecule has 0 N–H and O–H groups in total. The second kappa shape index (κ2) is 5.86. The van der Waals surface area contributed by atoms with Crippen LogP contribution in [0.4, 0.5) is 0 Å². The first-order valence-electron chi connectivity index (χ1n) is 5.98. The molecular formula is C12H21N3O. The van der Waals surface area contributed by atoms with Crippen molar-refractivity contribution in [2.75, 3.05) is 26.7 Å². The smallest absolute Gasteiger partial charge is 0.240 e. The van der Waals surface area contributed by atoms with Crippen molar-refractivity contribution >= 4 is 5.91 Å². The number of nitriles is 1. The zero-order valence-electron chi connectivity index (χ0n) is 10.4. The molecule has 16 heavy (non-hydrogen) atoms. The quantitative estimate of drug-likeness (QED) is 0.704. The van der Waals surface area contributed by atoms with E-state index in [1.54, 1.807) is 0 Å². The Hall–Kier alpha value is -1.08. The zero-order chi connectivity index (χ0) is 12.1. The largest absolute Gasteiger partial charge is 0.338 e. The lowest BCUT2D eigenvalue weighted by Gasteiger charge is -2.29. The van der Waals surface area contributed by atoms with Crippen molar-refractivity contribution in [3.63, 3.8) is 0 Å². The van der Waals surface area contributed by atoms with E-state index in [2.05, 4.69) is 24.9 Å². The van der Waals surface area contributed by atoms with Gasteiger partial charge in [0, 0.05) is 19.1 Å². The molecule has 1 saturated heterocycles. The summed E-state index contributed by atoms with van der Waals surface area (Å²) in [4.78, 5) is 16.2. The van der Waals surface area contributed by atoms with Crippen molar-refractivity contribution < 1.29 is 4.79 Å². The number of carbonyl (C=O) groups excluding carboxylic acids is 1. The summed E-state index contributed by atoms with van der Waals surface area (Å²) in [6, 6.07) is 2.31. The third-order valence-corrected chi connectivity index (χ3v) is 3.19. The number of carbonyl (C=O) groups is 1. The van der Waals surface area contributed by atoms with E-state index in [0.29, 0.717) is 6.42 Å². The van der Waals surface area contributed by atoms with Gasteiger partial charge in [-0.25, -0.2) is 0 Å². The van der Waals surface area contributed by atoms with Crippen LogP contribution in [0.2, 0.25) is 0 Å². The number of nitrogens with zero attached hydrogens (tertiary/aromatic N) is 3. The highest BCUT2D eigenvalue weighted by Crippen LogP contribution is 2.14. The molecule has 0 aromatic heterocycles. The van der Waals surface area contributed by atoms with Crippen molar-refractivity contribution in [3.05, 3.63) is 0 Å². The standard InChI is InChI=1S/C12H21N3O/c1-4-11(8-13)12(16)15-7-5-6-14(3)9-10(15)2/h10-11H,4-7,9H2,1-3H3. The Balaban J connectivity index is 2.71. The molecule has 1 rings (SSSR count). The number of rotatable bonds is 2. The summed E-state index contributed by atoms with van der Waals surface area (Å²) < 4.78 is 0. The molecular weight excluding hydrogens is 202 g/mol. The molecule has 0 saturated carbocycles. The molecule has 4 nitrogen and oxygen atoms in total. The van der Waals surface area contributed by atoms with Crippen molar-refractivity contribution in [2.45, 2.75) is 32.7 Å². The summed E-state index contributed by atoms with van der Waals surface area (Å²) in [6.07, 6.45) is 1.60. The normalized spacial score (nSPS) is 24.6. The van der Waals surface area contributed by atoms with Crippen molar-refractivity contribution in [2.24, 2.45) is 5.92 Å². The first-order chi connectivity index (χ1) is 7.60. The summed E-state index contributed by atoms with van der Waals surface area (Å²) >= 11 is 0. The van der Waals surface area contributed by atoms with E-state index in [0.717, 1.165) is 26.1 Å². The fourth-order valence-corrected chi connectivity index (χ4v) is 2.22. The molecule has 0 bridgehead atoms. The van der Waals surface area contributed by atoms with E-state index < -0.39 is 5.92 Å². The second-order valence-electron chi connectivity index (χ2n) is 4.59. The van der Waals surface area contributed by atoms with Gasteiger partial charge < -0.3 is 9.80 Å². The van der Waals surface area contributed by atoms with Crippen LogP contribution in [0.15, 0.2) is 0 Å². The summed E-state index contributed by atoms with van der Waals surface area (Å²) in [5.74, 6) is -0.460. The van der Waals surface area contributed by atoms with E-state index in [4.69, 9.17) is 5.26 Å². The van der Waals surface area contributed by atoms with Crippen LogP contribution < -0.4 is 0 Å². The van der Waals surface area contributed by atoms with Crippen molar-refractivity contribution in [1.82, 2.24) is 9.80 Å². The van der Waals surface area contributed by atoms with E-state index in [-0.39, 0.29) is 11.9 Å². The monoisotopic (exact) mass is 223 g/mol. The predicted molar refractivity (Wildman–Crippen MR) is 62.7 cm³/mol. The highest BCUT2D eigenvalue weighted by atomic mass is 16.2. The molecule has 0 radical (unpaired) electrons. The highest BCUT2D eigenvalue weighted by Gasteiger charge is 2.28. The van der Waals surface area contributed by atoms with Crippen LogP contribution in [-0.4, -0.2) is 48.4 Å². The van der Waals surface area contributed by atoms with Gasteiger partial charge in [0.1, 0.15) is 5.92 Å². The molecule has 4 heteroatoms. The molecule has 0 aliphatic carbocycles. The minimum Gasteiger partial charge on any atom is -0.338 e. The highest BCUT2D eigenvalue weighted by molar-refractivity contribution is 5.81. The Morgan fingerprint density at radius 3 is 2.81 bits per heavy atom. The van der Waals surface area contributed by atoms with E-state index in [1.807, 2.05) is 11.8 Å². The lowest BCUT2D eigenvalue weighted by molar-refractivity contribution is -0.135. The molecule has 2 unspecified atom stereocenters. The first-order valence-corrected chi connectivity index (χ1v) is 5.98. The Kier molecular flexibility index (Phi) is 4.75. The Morgan fingerprint density at radius 2 is 2.25 bits per heavy atom. The van der Waals surface area contributed by atoms with Gasteiger partial charge in [-0.05, 0) is 33.4 Å². The Morgan fingerprint density at radius 1 is 1.56 bits per heavy atom. The number of hydrogen-bond acceptors (Lipinski definition) is 3. The topological polar surface area (TPSA) is 47.3 Å². The first kappa shape index (κ1) is 13.0. The van der Waals surface area contributed by atoms with Gasteiger partial charge in [-0.1, -0.05) is 6.92 Å². The Bertz CT molecular complexity index is 284. The van der Waals surface area contributed by atoms with Crippen LogP contribution in [-0.2, 0) is 4.79 Å². The molecule has 90 valence electrons. The van der Waals surface area contributed by atoms with Crippen LogP contribution in [0.25, 0.3) is 0 Å². The van der Waals surface area contributed by atoms with Gasteiger partial charge in [-0.3, -0.25) is 4.79 Å². The van der Waals surface area contributed by atoms with Gasteiger partial charge in [-0.2, -0.15) is 5.26 Å². The molecule has 0 aromatic rings. The summed E-state index contributed by atoms with van der Waals surface area (Å²) in [7, 11) is 2.08. The fraction of sp³-hybridized carbons (Fsp3) is 0.833. The van der Waals surface area contributed by atoms with Gasteiger partial charge in [0.05, 0.1) is 6.07 Å². The van der Waals surface area contributed by atoms with Crippen molar-refractivity contribution in [1.29, 1.82) is 5.26 Å². The van der Waals surface area contributed by atoms with Gasteiger partial charge in [0.25, 0.3) is 0 Å². The van der Waals surface area contributed by atoms with Crippen LogP contribution >= 0.6 is 0 Å². The number of hydrogen-bond donors (Lipinski definition) is 0. The molecule has 1 fully saturated rings. The van der Waals surface area contributed by atoms with Crippen LogP contribution in [0.5, 0.6) is 0 Å². The molecule has 1 heterocycles. The average molecular weight is 223 g/mol. The van der Waals surface area contributed by atoms with Gasteiger partial charge in [0.15, 0.2) is 0 Å². The molecule has 1 amide bonds. The second-order valence-corrected chi connectivity index (χ2v) is 4.59. The average Bonchev–Trinajstić information content (AvgIpc) is 2.40. The minimum atomic E-state index is -0.467. The summed E-state index contributed by atoms with van der Waals surface area (Å²) in [5, 5.41) is 8.93. The van der Waals surface area contributed by atoms with E-state index in [1.165, 1.54) is 0 Å². The molecule has 1 aliphatic heterocycles. The van der Waals surface area contributed by atoms with Crippen LogP contribution in [0, 0.1) is 17.2 Å². The van der Waals surface area contributed by atoms with Crippen LogP contribution in [0.3, 0.4) is 0 Å². The zero-order valence-corrected chi connectivity index (χ0v) is 10.4.